The Morgan fingerprint density at radius 3 is 2.21 bits per heavy atom. The summed E-state index contributed by atoms with van der Waals surface area (Å²) < 4.78 is 0. The largest absolute Gasteiger partial charge is 0.371 e. The summed E-state index contributed by atoms with van der Waals surface area (Å²) in [4.78, 5) is 68.5. The second-order valence-electron chi connectivity index (χ2n) is 11.5. The van der Waals surface area contributed by atoms with Crippen molar-refractivity contribution in [3.8, 4) is 0 Å². The molecule has 6 rings (SSSR count). The van der Waals surface area contributed by atoms with E-state index < -0.39 is 29.7 Å². The van der Waals surface area contributed by atoms with E-state index in [4.69, 9.17) is 0 Å². The standard InChI is InChI=1S/C28H35N5O5/c34-23-4-3-22(24(35)30-23)33-26(37)20-2-1-19(17-21(20)27(33)38)31-13-5-18(6-14-31)25(36)32-15-9-28(10-16-32)7-11-29-12-8-28/h1-2,17-18,22,29H,3-16H2,(H,30,34,35). The Morgan fingerprint density at radius 2 is 1.53 bits per heavy atom. The molecule has 4 fully saturated rings. The van der Waals surface area contributed by atoms with Gasteiger partial charge in [0.1, 0.15) is 6.04 Å². The SMILES string of the molecule is O=C1CCC(N2C(=O)c3ccc(N4CCC(C(=O)N5CCC6(CCNCC6)CC5)CC4)cc3C2=O)C(=O)N1. The van der Waals surface area contributed by atoms with Gasteiger partial charge >= 0.3 is 0 Å². The topological polar surface area (TPSA) is 119 Å². The summed E-state index contributed by atoms with van der Waals surface area (Å²) in [5.74, 6) is -1.69. The zero-order valence-corrected chi connectivity index (χ0v) is 21.7. The van der Waals surface area contributed by atoms with Gasteiger partial charge < -0.3 is 15.1 Å². The van der Waals surface area contributed by atoms with Gasteiger partial charge in [-0.15, -0.1) is 0 Å². The van der Waals surface area contributed by atoms with E-state index in [0.29, 0.717) is 18.5 Å². The van der Waals surface area contributed by atoms with Crippen molar-refractivity contribution in [1.29, 1.82) is 0 Å². The van der Waals surface area contributed by atoms with Gasteiger partial charge in [0, 0.05) is 44.2 Å². The molecular formula is C28H35N5O5. The van der Waals surface area contributed by atoms with Crippen LogP contribution in [0.3, 0.4) is 0 Å². The minimum atomic E-state index is -0.968. The predicted molar refractivity (Wildman–Crippen MR) is 138 cm³/mol. The molecule has 0 radical (unpaired) electrons. The number of nitrogens with one attached hydrogen (secondary N) is 2. The van der Waals surface area contributed by atoms with Crippen LogP contribution in [0, 0.1) is 11.3 Å². The van der Waals surface area contributed by atoms with Gasteiger partial charge in [0.05, 0.1) is 11.1 Å². The molecule has 2 N–H and O–H groups in total. The van der Waals surface area contributed by atoms with Crippen molar-refractivity contribution in [2.45, 2.75) is 57.4 Å². The van der Waals surface area contributed by atoms with Crippen LogP contribution in [0.5, 0.6) is 0 Å². The number of fused-ring (bicyclic) bond motifs is 1. The molecule has 0 aliphatic carbocycles. The number of anilines is 1. The molecule has 0 bridgehead atoms. The van der Waals surface area contributed by atoms with E-state index in [-0.39, 0.29) is 35.8 Å². The summed E-state index contributed by atoms with van der Waals surface area (Å²) in [5, 5.41) is 5.67. The molecule has 10 heteroatoms. The highest BCUT2D eigenvalue weighted by atomic mass is 16.2. The number of piperidine rings is 4. The molecule has 5 aliphatic rings. The van der Waals surface area contributed by atoms with Crippen LogP contribution in [0.25, 0.3) is 0 Å². The fourth-order valence-corrected chi connectivity index (χ4v) is 6.96. The first-order chi connectivity index (χ1) is 18.3. The molecule has 0 aromatic heterocycles. The van der Waals surface area contributed by atoms with E-state index in [1.54, 1.807) is 12.1 Å². The molecule has 1 aromatic rings. The average molecular weight is 522 g/mol. The van der Waals surface area contributed by atoms with Crippen LogP contribution in [0.4, 0.5) is 5.69 Å². The first kappa shape index (κ1) is 25.0. The normalized spacial score (nSPS) is 26.1. The van der Waals surface area contributed by atoms with Gasteiger partial charge in [0.25, 0.3) is 11.8 Å². The lowest BCUT2D eigenvalue weighted by Gasteiger charge is -2.45. The van der Waals surface area contributed by atoms with Crippen LogP contribution in [-0.4, -0.2) is 84.6 Å². The highest BCUT2D eigenvalue weighted by Crippen LogP contribution is 2.40. The van der Waals surface area contributed by atoms with Gasteiger partial charge in [-0.25, -0.2) is 0 Å². The quantitative estimate of drug-likeness (QED) is 0.576. The number of amides is 5. The average Bonchev–Trinajstić information content (AvgIpc) is 3.18. The first-order valence-electron chi connectivity index (χ1n) is 14.0. The van der Waals surface area contributed by atoms with Crippen LogP contribution < -0.4 is 15.5 Å². The molecule has 1 aromatic carbocycles. The minimum Gasteiger partial charge on any atom is -0.371 e. The maximum Gasteiger partial charge on any atom is 0.262 e. The number of likely N-dealkylation sites (tertiary alicyclic amines) is 1. The van der Waals surface area contributed by atoms with Crippen LogP contribution in [0.1, 0.15) is 72.1 Å². The Kier molecular flexibility index (Phi) is 6.45. The Morgan fingerprint density at radius 1 is 0.842 bits per heavy atom. The smallest absolute Gasteiger partial charge is 0.262 e. The van der Waals surface area contributed by atoms with Gasteiger partial charge in [0.15, 0.2) is 0 Å². The third-order valence-electron chi connectivity index (χ3n) is 9.43. The van der Waals surface area contributed by atoms with Crippen LogP contribution >= 0.6 is 0 Å². The molecule has 0 saturated carbocycles. The number of hydrogen-bond donors (Lipinski definition) is 2. The monoisotopic (exact) mass is 521 g/mol. The summed E-state index contributed by atoms with van der Waals surface area (Å²) in [6.07, 6.45) is 6.40. The van der Waals surface area contributed by atoms with E-state index in [1.165, 1.54) is 12.8 Å². The number of nitrogens with zero attached hydrogens (tertiary/aromatic N) is 3. The molecule has 4 saturated heterocycles. The number of imide groups is 2. The number of carbonyl (C=O) groups is 5. The summed E-state index contributed by atoms with van der Waals surface area (Å²) >= 11 is 0. The Balaban J connectivity index is 1.07. The lowest BCUT2D eigenvalue weighted by Crippen LogP contribution is -2.54. The molecule has 1 atom stereocenters. The first-order valence-corrected chi connectivity index (χ1v) is 14.0. The Bertz CT molecular complexity index is 1170. The molecule has 202 valence electrons. The van der Waals surface area contributed by atoms with Crippen molar-refractivity contribution < 1.29 is 24.0 Å². The van der Waals surface area contributed by atoms with Crippen molar-refractivity contribution >= 4 is 35.2 Å². The molecule has 1 spiro atoms. The summed E-state index contributed by atoms with van der Waals surface area (Å²) in [5.41, 5.74) is 1.83. The third kappa shape index (κ3) is 4.38. The van der Waals surface area contributed by atoms with E-state index in [1.807, 2.05) is 6.07 Å². The van der Waals surface area contributed by atoms with Gasteiger partial charge in [-0.2, -0.15) is 0 Å². The Hall–Kier alpha value is -3.27. The van der Waals surface area contributed by atoms with E-state index >= 15 is 0 Å². The highest BCUT2D eigenvalue weighted by molar-refractivity contribution is 6.23. The molecule has 1 unspecified atom stereocenters. The zero-order valence-electron chi connectivity index (χ0n) is 21.7. The summed E-state index contributed by atoms with van der Waals surface area (Å²) in [6.45, 7) is 5.32. The summed E-state index contributed by atoms with van der Waals surface area (Å²) in [7, 11) is 0. The van der Waals surface area contributed by atoms with Gasteiger partial charge in [0.2, 0.25) is 17.7 Å². The maximum absolute atomic E-state index is 13.3. The minimum absolute atomic E-state index is 0.0222. The van der Waals surface area contributed by atoms with Crippen molar-refractivity contribution in [3.63, 3.8) is 0 Å². The van der Waals surface area contributed by atoms with E-state index in [0.717, 1.165) is 62.4 Å². The highest BCUT2D eigenvalue weighted by Gasteiger charge is 2.45. The van der Waals surface area contributed by atoms with Crippen LogP contribution in [0.15, 0.2) is 18.2 Å². The van der Waals surface area contributed by atoms with Crippen LogP contribution in [-0.2, 0) is 14.4 Å². The number of carbonyl (C=O) groups excluding carboxylic acids is 5. The van der Waals surface area contributed by atoms with E-state index in [2.05, 4.69) is 20.4 Å². The molecule has 5 heterocycles. The second kappa shape index (κ2) is 9.80. The van der Waals surface area contributed by atoms with Gasteiger partial charge in [-0.05, 0) is 81.6 Å². The lowest BCUT2D eigenvalue weighted by molar-refractivity contribution is -0.139. The van der Waals surface area contributed by atoms with Crippen molar-refractivity contribution in [1.82, 2.24) is 20.4 Å². The summed E-state index contributed by atoms with van der Waals surface area (Å²) in [6, 6.07) is 4.25. The molecule has 5 amide bonds. The Labute approximate surface area is 222 Å². The number of rotatable bonds is 3. The van der Waals surface area contributed by atoms with Gasteiger partial charge in [-0.1, -0.05) is 0 Å². The lowest BCUT2D eigenvalue weighted by atomic mass is 9.71. The van der Waals surface area contributed by atoms with Crippen molar-refractivity contribution in [2.75, 3.05) is 44.2 Å². The number of benzene rings is 1. The van der Waals surface area contributed by atoms with Crippen LogP contribution in [0.2, 0.25) is 0 Å². The van der Waals surface area contributed by atoms with Gasteiger partial charge in [-0.3, -0.25) is 34.2 Å². The third-order valence-corrected chi connectivity index (χ3v) is 9.43. The fraction of sp³-hybridized carbons (Fsp3) is 0.607. The zero-order chi connectivity index (χ0) is 26.4. The number of hydrogen-bond acceptors (Lipinski definition) is 7. The maximum atomic E-state index is 13.3. The van der Waals surface area contributed by atoms with Crippen molar-refractivity contribution in [3.05, 3.63) is 29.3 Å². The fourth-order valence-electron chi connectivity index (χ4n) is 6.96. The molecular weight excluding hydrogens is 486 g/mol. The van der Waals surface area contributed by atoms with E-state index in [9.17, 15) is 24.0 Å². The molecule has 10 nitrogen and oxygen atoms in total. The van der Waals surface area contributed by atoms with Crippen molar-refractivity contribution in [2.24, 2.45) is 11.3 Å². The second-order valence-corrected chi connectivity index (χ2v) is 11.5. The predicted octanol–water partition coefficient (Wildman–Crippen LogP) is 1.30. The molecule has 5 aliphatic heterocycles. The molecule has 38 heavy (non-hydrogen) atoms.